The minimum Gasteiger partial charge on any atom is -0.507 e. The van der Waals surface area contributed by atoms with E-state index in [9.17, 15) is 9.90 Å². The van der Waals surface area contributed by atoms with Gasteiger partial charge in [0.15, 0.2) is 0 Å². The first kappa shape index (κ1) is 14.4. The third-order valence-corrected chi connectivity index (χ3v) is 3.67. The highest BCUT2D eigenvalue weighted by molar-refractivity contribution is 5.83. The highest BCUT2D eigenvalue weighted by Gasteiger charge is 2.13. The van der Waals surface area contributed by atoms with Crippen LogP contribution in [0.25, 0.3) is 22.1 Å². The summed E-state index contributed by atoms with van der Waals surface area (Å²) in [4.78, 5) is 12.7. The Hall–Kier alpha value is -3.57. The Bertz CT molecular complexity index is 1080. The lowest BCUT2D eigenvalue weighted by Gasteiger charge is -2.05. The highest BCUT2D eigenvalue weighted by Crippen LogP contribution is 2.26. The third kappa shape index (κ3) is 2.31. The second-order valence-corrected chi connectivity index (χ2v) is 5.10. The number of phenols is 1. The molecule has 110 valence electrons. The molecule has 0 aliphatic heterocycles. The number of rotatable bonds is 1. The van der Waals surface area contributed by atoms with E-state index >= 15 is 0 Å². The fraction of sp³-hybridized carbons (Fsp3) is 0.0556. The number of hydrogen-bond donors (Lipinski definition) is 1. The lowest BCUT2D eigenvalue weighted by Crippen LogP contribution is -2.05. The second-order valence-electron chi connectivity index (χ2n) is 5.10. The minimum atomic E-state index is -0.256. The summed E-state index contributed by atoms with van der Waals surface area (Å²) in [7, 11) is 0. The molecule has 0 bridgehead atoms. The number of aryl methyl sites for hydroxylation is 1. The predicted molar refractivity (Wildman–Crippen MR) is 83.8 cm³/mol. The van der Waals surface area contributed by atoms with Crippen LogP contribution in [0.5, 0.6) is 5.75 Å². The Labute approximate surface area is 131 Å². The van der Waals surface area contributed by atoms with Gasteiger partial charge in [-0.1, -0.05) is 6.07 Å². The fourth-order valence-electron chi connectivity index (χ4n) is 2.40. The molecule has 23 heavy (non-hydrogen) atoms. The van der Waals surface area contributed by atoms with Crippen molar-refractivity contribution in [2.24, 2.45) is 0 Å². The van der Waals surface area contributed by atoms with Gasteiger partial charge in [-0.05, 0) is 42.3 Å². The predicted octanol–water partition coefficient (Wildman–Crippen LogP) is 3.22. The van der Waals surface area contributed by atoms with Crippen molar-refractivity contribution in [3.63, 3.8) is 0 Å². The number of benzene rings is 2. The topological polar surface area (TPSA) is 98.0 Å². The van der Waals surface area contributed by atoms with E-state index in [0.29, 0.717) is 27.7 Å². The molecule has 0 unspecified atom stereocenters. The van der Waals surface area contributed by atoms with E-state index in [1.165, 1.54) is 24.5 Å². The zero-order chi connectivity index (χ0) is 16.6. The quantitative estimate of drug-likeness (QED) is 0.744. The van der Waals surface area contributed by atoms with Crippen LogP contribution in [-0.4, -0.2) is 5.11 Å². The lowest BCUT2D eigenvalue weighted by molar-refractivity contribution is 0.473. The van der Waals surface area contributed by atoms with Gasteiger partial charge in [-0.25, -0.2) is 0 Å². The van der Waals surface area contributed by atoms with Crippen LogP contribution in [0.2, 0.25) is 0 Å². The summed E-state index contributed by atoms with van der Waals surface area (Å²) < 4.78 is 5.48. The van der Waals surface area contributed by atoms with Crippen LogP contribution >= 0.6 is 0 Å². The van der Waals surface area contributed by atoms with Crippen molar-refractivity contribution >= 4 is 11.0 Å². The molecule has 2 aromatic carbocycles. The van der Waals surface area contributed by atoms with Gasteiger partial charge in [-0.15, -0.1) is 0 Å². The van der Waals surface area contributed by atoms with E-state index in [1.54, 1.807) is 19.1 Å². The fourth-order valence-corrected chi connectivity index (χ4v) is 2.40. The van der Waals surface area contributed by atoms with E-state index in [2.05, 4.69) is 0 Å². The molecule has 3 aromatic rings. The Morgan fingerprint density at radius 1 is 1.09 bits per heavy atom. The van der Waals surface area contributed by atoms with E-state index in [1.807, 2.05) is 12.1 Å². The SMILES string of the molecule is Cc1cc2c(=O)c(-c3ccc(O)c(C#N)c3)coc2cc1C#N. The van der Waals surface area contributed by atoms with Crippen molar-refractivity contribution in [2.45, 2.75) is 6.92 Å². The molecule has 1 N–H and O–H groups in total. The lowest BCUT2D eigenvalue weighted by atomic mass is 10.0. The van der Waals surface area contributed by atoms with Gasteiger partial charge in [0.05, 0.1) is 28.1 Å². The molecule has 0 saturated carbocycles. The van der Waals surface area contributed by atoms with Crippen LogP contribution in [-0.2, 0) is 0 Å². The average Bonchev–Trinajstić information content (AvgIpc) is 2.56. The van der Waals surface area contributed by atoms with Crippen LogP contribution in [0.3, 0.4) is 0 Å². The van der Waals surface area contributed by atoms with Gasteiger partial charge >= 0.3 is 0 Å². The van der Waals surface area contributed by atoms with Crippen molar-refractivity contribution in [1.29, 1.82) is 10.5 Å². The van der Waals surface area contributed by atoms with Crippen LogP contribution in [0.1, 0.15) is 16.7 Å². The summed E-state index contributed by atoms with van der Waals surface area (Å²) in [5, 5.41) is 28.0. The molecule has 5 nitrogen and oxygen atoms in total. The number of aromatic hydroxyl groups is 1. The van der Waals surface area contributed by atoms with Crippen LogP contribution in [0.4, 0.5) is 0 Å². The van der Waals surface area contributed by atoms with E-state index in [4.69, 9.17) is 14.9 Å². The summed E-state index contributed by atoms with van der Waals surface area (Å²) in [5.41, 5.74) is 2.07. The molecule has 0 aliphatic rings. The Balaban J connectivity index is 2.29. The molecule has 1 heterocycles. The molecule has 3 rings (SSSR count). The molecule has 0 aliphatic carbocycles. The van der Waals surface area contributed by atoms with Gasteiger partial charge < -0.3 is 9.52 Å². The third-order valence-electron chi connectivity index (χ3n) is 3.67. The maximum atomic E-state index is 12.7. The standard InChI is InChI=1S/C18H10N2O3/c1-10-4-14-17(6-12(10)7-19)23-9-15(18(14)22)11-2-3-16(21)13(5-11)8-20/h2-6,9,21H,1H3. The van der Waals surface area contributed by atoms with Crippen molar-refractivity contribution in [2.75, 3.05) is 0 Å². The van der Waals surface area contributed by atoms with E-state index in [0.717, 1.165) is 0 Å². The first-order valence-electron chi connectivity index (χ1n) is 6.75. The first-order valence-corrected chi connectivity index (χ1v) is 6.75. The van der Waals surface area contributed by atoms with Crippen LogP contribution in [0, 0.1) is 29.6 Å². The van der Waals surface area contributed by atoms with Gasteiger partial charge in [0.2, 0.25) is 5.43 Å². The molecule has 5 heteroatoms. The number of fused-ring (bicyclic) bond motifs is 1. The number of phenolic OH excluding ortho intramolecular Hbond substituents is 1. The van der Waals surface area contributed by atoms with E-state index < -0.39 is 0 Å². The van der Waals surface area contributed by atoms with Gasteiger partial charge in [-0.3, -0.25) is 4.79 Å². The van der Waals surface area contributed by atoms with Crippen molar-refractivity contribution < 1.29 is 9.52 Å². The summed E-state index contributed by atoms with van der Waals surface area (Å²) >= 11 is 0. The number of hydrogen-bond acceptors (Lipinski definition) is 5. The molecular formula is C18H10N2O3. The maximum absolute atomic E-state index is 12.7. The molecule has 0 atom stereocenters. The average molecular weight is 302 g/mol. The Morgan fingerprint density at radius 2 is 1.83 bits per heavy atom. The summed E-state index contributed by atoms with van der Waals surface area (Å²) in [5.74, 6) is -0.143. The normalized spacial score (nSPS) is 10.2. The summed E-state index contributed by atoms with van der Waals surface area (Å²) in [6.07, 6.45) is 1.30. The van der Waals surface area contributed by atoms with Crippen molar-refractivity contribution in [1.82, 2.24) is 0 Å². The van der Waals surface area contributed by atoms with Gasteiger partial charge in [0.1, 0.15) is 23.7 Å². The van der Waals surface area contributed by atoms with Gasteiger partial charge in [0.25, 0.3) is 0 Å². The van der Waals surface area contributed by atoms with Crippen molar-refractivity contribution in [3.8, 4) is 29.0 Å². The monoisotopic (exact) mass is 302 g/mol. The molecule has 0 saturated heterocycles. The molecule has 0 fully saturated rings. The van der Waals surface area contributed by atoms with E-state index in [-0.39, 0.29) is 22.3 Å². The Kier molecular flexibility index (Phi) is 3.33. The molecule has 0 amide bonds. The van der Waals surface area contributed by atoms with Crippen molar-refractivity contribution in [3.05, 3.63) is 63.5 Å². The molecule has 0 radical (unpaired) electrons. The van der Waals surface area contributed by atoms with Crippen LogP contribution < -0.4 is 5.43 Å². The summed E-state index contributed by atoms with van der Waals surface area (Å²) in [6.45, 7) is 1.75. The second kappa shape index (κ2) is 5.32. The molecule has 0 spiro atoms. The largest absolute Gasteiger partial charge is 0.507 e. The number of nitriles is 2. The zero-order valence-electron chi connectivity index (χ0n) is 12.1. The maximum Gasteiger partial charge on any atom is 0.200 e. The summed E-state index contributed by atoms with van der Waals surface area (Å²) in [6, 6.07) is 11.4. The first-order chi connectivity index (χ1) is 11.0. The zero-order valence-corrected chi connectivity index (χ0v) is 12.1. The van der Waals surface area contributed by atoms with Gasteiger partial charge in [0, 0.05) is 0 Å². The van der Waals surface area contributed by atoms with Gasteiger partial charge in [-0.2, -0.15) is 10.5 Å². The molecule has 1 aromatic heterocycles. The minimum absolute atomic E-state index is 0.0815. The number of nitrogens with zero attached hydrogens (tertiary/aromatic N) is 2. The Morgan fingerprint density at radius 3 is 2.52 bits per heavy atom. The highest BCUT2D eigenvalue weighted by atomic mass is 16.3. The smallest absolute Gasteiger partial charge is 0.200 e. The molecular weight excluding hydrogens is 292 g/mol. The van der Waals surface area contributed by atoms with Crippen LogP contribution in [0.15, 0.2) is 45.8 Å².